The third-order valence-electron chi connectivity index (χ3n) is 21.6. The van der Waals surface area contributed by atoms with E-state index < -0.39 is 42.6 Å². The summed E-state index contributed by atoms with van der Waals surface area (Å²) in [5.74, 6) is -0.0208. The van der Waals surface area contributed by atoms with Crippen molar-refractivity contribution in [3.8, 4) is 22.8 Å². The molecule has 9 fully saturated rings. The molecule has 0 radical (unpaired) electrons. The first-order valence-electron chi connectivity index (χ1n) is 39.9. The number of amides is 3. The molecule has 2 N–H and O–H groups in total. The number of ether oxygens (including phenoxy) is 8. The van der Waals surface area contributed by atoms with Gasteiger partial charge in [-0.3, -0.25) is 9.59 Å². The number of nitrogen functional groups attached to an aromatic ring is 1. The van der Waals surface area contributed by atoms with Crippen LogP contribution >= 0.6 is 27.5 Å². The Bertz CT molecular complexity index is 4380. The lowest BCUT2D eigenvalue weighted by Gasteiger charge is -2.48. The minimum Gasteiger partial charge on any atom is -1.00 e. The number of carbonyl (C=O) groups excluding carboxylic acids is 4. The van der Waals surface area contributed by atoms with Crippen molar-refractivity contribution in [2.75, 3.05) is 127 Å². The number of aromatic nitrogens is 4. The van der Waals surface area contributed by atoms with Gasteiger partial charge >= 0.3 is 23.8 Å². The predicted octanol–water partition coefficient (Wildman–Crippen LogP) is 13.0. The Hall–Kier alpha value is -8.13. The van der Waals surface area contributed by atoms with E-state index in [0.29, 0.717) is 54.5 Å². The van der Waals surface area contributed by atoms with Crippen molar-refractivity contribution in [2.45, 2.75) is 197 Å². The minimum absolute atomic E-state index is 0. The SMILES string of the molecule is C1CCC2(CC1)CCO2.CC(C)(C)OC(=O)N1CCC(=O)CC1.CC(C)(C)OC(=O)N1CCC2(CCO2)CC1.COc1ccc(CN2Cc3nc(-c4c(F)cccc4F)cc(Cl)c3C2=O)c(OC)c1.C[S+](C)(C)=O.Nc1ccc(N2CCC3(CCO3)CC2)cn1.O=[N+]([O-])c1ccc(Br)cn1.O=[N+]([O-])c1ccc(N2CCC3(CCO3)CC2)cn1.[I-]. The fourth-order valence-electron chi connectivity index (χ4n) is 14.6. The zero-order valence-corrected chi connectivity index (χ0v) is 75.2. The van der Waals surface area contributed by atoms with Crippen molar-refractivity contribution in [3.63, 3.8) is 0 Å². The Morgan fingerprint density at radius 2 is 1.03 bits per heavy atom. The molecule has 0 unspecified atom stereocenters. The number of hydrogen-bond donors (Lipinski definition) is 1. The van der Waals surface area contributed by atoms with Gasteiger partial charge in [-0.15, -0.1) is 4.21 Å². The lowest BCUT2D eigenvalue weighted by Crippen LogP contribution is -3.00. The first kappa shape index (κ1) is 96.3. The van der Waals surface area contributed by atoms with E-state index in [0.717, 1.165) is 138 Å². The van der Waals surface area contributed by atoms with Crippen molar-refractivity contribution < 1.29 is 104 Å². The van der Waals surface area contributed by atoms with Gasteiger partial charge in [0.2, 0.25) is 0 Å². The Kier molecular flexibility index (Phi) is 34.9. The van der Waals surface area contributed by atoms with Crippen LogP contribution in [0.4, 0.5) is 47.2 Å². The molecule has 9 aliphatic heterocycles. The van der Waals surface area contributed by atoms with E-state index in [1.807, 2.05) is 65.9 Å². The predicted molar refractivity (Wildman–Crippen MR) is 450 cm³/mol. The summed E-state index contributed by atoms with van der Waals surface area (Å²) >= 11 is 9.43. The van der Waals surface area contributed by atoms with Gasteiger partial charge in [0.1, 0.15) is 64.7 Å². The van der Waals surface area contributed by atoms with E-state index in [-0.39, 0.29) is 111 Å². The van der Waals surface area contributed by atoms with Crippen molar-refractivity contribution in [1.82, 2.24) is 34.6 Å². The second-order valence-electron chi connectivity index (χ2n) is 33.3. The number of methoxy groups -OCH3 is 2. The third-order valence-corrected chi connectivity index (χ3v) is 22.3. The van der Waals surface area contributed by atoms with Gasteiger partial charge < -0.3 is 112 Å². The first-order valence-corrected chi connectivity index (χ1v) is 43.9. The number of carbonyl (C=O) groups is 4. The molecule has 13 heterocycles. The summed E-state index contributed by atoms with van der Waals surface area (Å²) < 4.78 is 82.9. The summed E-state index contributed by atoms with van der Waals surface area (Å²) in [4.78, 5) is 92.1. The van der Waals surface area contributed by atoms with Crippen molar-refractivity contribution in [3.05, 3.63) is 156 Å². The molecule has 8 saturated heterocycles. The highest BCUT2D eigenvalue weighted by atomic mass is 127. The first-order chi connectivity index (χ1) is 55.8. The second-order valence-corrected chi connectivity index (χ2v) is 38.0. The smallest absolute Gasteiger partial charge is 0.410 e. The maximum Gasteiger partial charge on any atom is 0.410 e. The average Bonchev–Trinajstić information content (AvgIpc) is 1.58. The molecule has 2 aromatic carbocycles. The fraction of sp³-hybridized carbons (Fsp3) is 0.571. The molecule has 1 aliphatic carbocycles. The van der Waals surface area contributed by atoms with Crippen molar-refractivity contribution in [2.24, 2.45) is 0 Å². The molecule has 0 atom stereocenters. The van der Waals surface area contributed by atoms with Gasteiger partial charge in [0.25, 0.3) is 5.91 Å². The number of pyridine rings is 4. The molecule has 1 saturated carbocycles. The summed E-state index contributed by atoms with van der Waals surface area (Å²) in [7, 11) is 1.67. The van der Waals surface area contributed by atoms with E-state index in [4.69, 9.17) is 55.2 Å². The molecule has 4 aromatic heterocycles. The number of hydrogen-bond acceptors (Lipinski definition) is 24. The van der Waals surface area contributed by atoms with E-state index in [2.05, 4.69) is 45.7 Å². The van der Waals surface area contributed by atoms with Gasteiger partial charge in [-0.05, 0) is 209 Å². The van der Waals surface area contributed by atoms with Crippen LogP contribution in [0, 0.1) is 31.9 Å². The standard InChI is InChI=1S/C22H17ClF2N2O3.C12H15N3O3.C12H17N3O.C12H21NO3.C10H17NO3.C8H14O.C5H3BrN2O2.C3H9OS.HI/c1-29-13-7-6-12(19(8-13)30-2)10-27-11-18-20(22(27)28)14(23)9-17(26-18)21-15(24)4-3-5-16(21)25;16-15(17)11-2-1-10(9-13-11)14-6-3-12(4-7-14)5-8-18-12;13-11-2-1-10(9-14-11)15-6-3-12(4-7-15)5-8-16-12;1-11(2,3)16-10(14)13-7-4-12(5-8-13)6-9-15-12;1-10(2,3)14-9(13)11-6-4-8(12)5-7-11;1-2-4-8(5-3-1)6-7-9-8;6-4-1-2-5(7-3-4)8(9)10;1-5(2,3)4;/h3-9H,10-11H2,1-2H3;1-2,9H,3-8H2;1-2,9H,3-8H2,(H2,13,14);4-9H2,1-3H3;4-7H2,1-3H3;1-7H2;1-3H;1-3H3;1H/q;;;;;;;+1;/p-1. The zero-order valence-electron chi connectivity index (χ0n) is 69.9. The summed E-state index contributed by atoms with van der Waals surface area (Å²) in [5.41, 5.74) is 8.85. The normalized spacial score (nSPS) is 18.7. The summed E-state index contributed by atoms with van der Waals surface area (Å²) in [6.07, 6.45) is 28.4. The van der Waals surface area contributed by atoms with Crippen molar-refractivity contribution in [1.29, 1.82) is 0 Å². The number of nitrogens with zero attached hydrogens (tertiary/aromatic N) is 11. The Balaban J connectivity index is 0.000000176. The number of benzene rings is 2. The summed E-state index contributed by atoms with van der Waals surface area (Å²) in [5, 5.41) is 20.7. The minimum atomic E-state index is -1.42. The van der Waals surface area contributed by atoms with Gasteiger partial charge in [-0.25, -0.2) is 28.3 Å². The van der Waals surface area contributed by atoms with Crippen molar-refractivity contribution >= 4 is 90.2 Å². The average molecular weight is 1880 g/mol. The number of rotatable bonds is 9. The topological polar surface area (TPSA) is 339 Å². The molecular formula is C84H113BrClF2IN12O17S. The highest BCUT2D eigenvalue weighted by molar-refractivity contribution is 9.10. The maximum atomic E-state index is 14.2. The van der Waals surface area contributed by atoms with Crippen LogP contribution in [0.3, 0.4) is 0 Å². The Morgan fingerprint density at radius 1 is 0.597 bits per heavy atom. The summed E-state index contributed by atoms with van der Waals surface area (Å²) in [6, 6.07) is 20.2. The molecular weight excluding hydrogens is 1760 g/mol. The number of nitro groups is 2. The van der Waals surface area contributed by atoms with Gasteiger partial charge in [0.15, 0.2) is 12.4 Å². The van der Waals surface area contributed by atoms with E-state index >= 15 is 0 Å². The molecule has 4 spiro atoms. The summed E-state index contributed by atoms with van der Waals surface area (Å²) in [6.45, 7) is 21.8. The van der Waals surface area contributed by atoms with E-state index in [1.165, 1.54) is 94.6 Å². The molecule has 10 aliphatic rings. The van der Waals surface area contributed by atoms with Crippen LogP contribution < -0.4 is 49.0 Å². The van der Waals surface area contributed by atoms with Gasteiger partial charge in [-0.2, -0.15) is 0 Å². The number of fused-ring (bicyclic) bond motifs is 1. The third kappa shape index (κ3) is 28.8. The molecule has 16 rings (SSSR count). The number of Topliss-reactive ketones (excluding diaryl/α,β-unsaturated/α-hetero) is 1. The molecule has 119 heavy (non-hydrogen) atoms. The molecule has 3 amide bonds. The van der Waals surface area contributed by atoms with E-state index in [9.17, 15) is 52.4 Å². The molecule has 6 aromatic rings. The number of likely N-dealkylation sites (tertiary alicyclic amines) is 2. The highest BCUT2D eigenvalue weighted by Crippen LogP contribution is 2.43. The number of nitrogens with two attached hydrogens (primary N) is 1. The van der Waals surface area contributed by atoms with Crippen LogP contribution in [0.5, 0.6) is 11.5 Å². The molecule has 35 heteroatoms. The van der Waals surface area contributed by atoms with E-state index in [1.54, 1.807) is 71.0 Å². The van der Waals surface area contributed by atoms with Crippen LogP contribution in [0.2, 0.25) is 5.02 Å². The van der Waals surface area contributed by atoms with Gasteiger partial charge in [-0.1, -0.05) is 36.9 Å². The number of piperidine rings is 4. The van der Waals surface area contributed by atoms with Gasteiger partial charge in [0.05, 0.1) is 136 Å². The largest absolute Gasteiger partial charge is 1.00 e. The maximum absolute atomic E-state index is 14.2. The highest BCUT2D eigenvalue weighted by Gasteiger charge is 2.45. The van der Waals surface area contributed by atoms with Crippen LogP contribution in [-0.2, 0) is 60.4 Å². The quantitative estimate of drug-likeness (QED) is 0.0608. The molecule has 652 valence electrons. The van der Waals surface area contributed by atoms with Crippen LogP contribution in [-0.4, -0.2) is 214 Å². The number of halogens is 5. The number of anilines is 3. The van der Waals surface area contributed by atoms with Gasteiger partial charge in [0, 0.05) is 89.0 Å². The lowest BCUT2D eigenvalue weighted by molar-refractivity contribution is -0.389. The second kappa shape index (κ2) is 43.1. The van der Waals surface area contributed by atoms with Crippen LogP contribution in [0.25, 0.3) is 11.3 Å². The lowest BCUT2D eigenvalue weighted by atomic mass is 9.79. The monoisotopic (exact) mass is 1870 g/mol. The molecule has 29 nitrogen and oxygen atoms in total. The van der Waals surface area contributed by atoms with Crippen LogP contribution in [0.1, 0.15) is 172 Å². The Morgan fingerprint density at radius 3 is 1.42 bits per heavy atom. The number of ketones is 1. The molecule has 0 bridgehead atoms. The van der Waals surface area contributed by atoms with Crippen LogP contribution in [0.15, 0.2) is 102 Å². The fourth-order valence-corrected chi connectivity index (χ4v) is 15.1. The Labute approximate surface area is 727 Å². The zero-order chi connectivity index (χ0) is 85.8.